The maximum atomic E-state index is 12.4. The van der Waals surface area contributed by atoms with Crippen LogP contribution in [0.2, 0.25) is 0 Å². The van der Waals surface area contributed by atoms with Gasteiger partial charge in [0.2, 0.25) is 11.9 Å². The molecule has 4 rings (SSSR count). The van der Waals surface area contributed by atoms with Crippen molar-refractivity contribution in [2.24, 2.45) is 0 Å². The fourth-order valence-electron chi connectivity index (χ4n) is 3.79. The van der Waals surface area contributed by atoms with Crippen LogP contribution in [0, 0.1) is 0 Å². The summed E-state index contributed by atoms with van der Waals surface area (Å²) >= 11 is 0. The molecule has 6 heteroatoms. The number of nitrogens with one attached hydrogen (secondary N) is 2. The quantitative estimate of drug-likeness (QED) is 0.876. The molecule has 6 nitrogen and oxygen atoms in total. The Morgan fingerprint density at radius 1 is 1.00 bits per heavy atom. The number of benzene rings is 1. The van der Waals surface area contributed by atoms with E-state index in [0.29, 0.717) is 0 Å². The summed E-state index contributed by atoms with van der Waals surface area (Å²) in [5.74, 6) is 0.838. The molecule has 0 unspecified atom stereocenters. The molecule has 1 aromatic carbocycles. The molecule has 2 saturated heterocycles. The van der Waals surface area contributed by atoms with E-state index in [9.17, 15) is 4.79 Å². The maximum Gasteiger partial charge on any atom is 0.241 e. The molecule has 2 N–H and O–H groups in total. The highest BCUT2D eigenvalue weighted by Crippen LogP contribution is 2.31. The second-order valence-electron chi connectivity index (χ2n) is 7.41. The number of carbonyl (C=O) groups excluding carboxylic acids is 1. The number of rotatable bonds is 2. The molecule has 1 amide bonds. The van der Waals surface area contributed by atoms with Crippen LogP contribution in [-0.2, 0) is 4.79 Å². The number of carbonyl (C=O) groups is 1. The lowest BCUT2D eigenvalue weighted by atomic mass is 9.87. The highest BCUT2D eigenvalue weighted by atomic mass is 16.2. The Balaban J connectivity index is 1.46. The molecule has 2 fully saturated rings. The fourth-order valence-corrected chi connectivity index (χ4v) is 3.79. The summed E-state index contributed by atoms with van der Waals surface area (Å²) < 4.78 is 0. The van der Waals surface area contributed by atoms with E-state index in [-0.39, 0.29) is 11.6 Å². The molecule has 2 aromatic rings. The summed E-state index contributed by atoms with van der Waals surface area (Å²) in [6, 6.07) is 10.1. The molecule has 0 aliphatic carbocycles. The summed E-state index contributed by atoms with van der Waals surface area (Å²) in [6.07, 6.45) is 5.25. The van der Waals surface area contributed by atoms with E-state index >= 15 is 0 Å². The average molecular weight is 337 g/mol. The Hall–Kier alpha value is -2.47. The van der Waals surface area contributed by atoms with Gasteiger partial charge in [0.25, 0.3) is 0 Å². The summed E-state index contributed by atoms with van der Waals surface area (Å²) in [5.41, 5.74) is 1.33. The molecule has 1 aromatic heterocycles. The number of aromatic nitrogens is 2. The van der Waals surface area contributed by atoms with E-state index in [4.69, 9.17) is 0 Å². The Labute approximate surface area is 147 Å². The van der Waals surface area contributed by atoms with Crippen molar-refractivity contribution in [3.63, 3.8) is 0 Å². The Kier molecular flexibility index (Phi) is 3.72. The van der Waals surface area contributed by atoms with Crippen LogP contribution in [0.25, 0.3) is 11.1 Å². The van der Waals surface area contributed by atoms with Gasteiger partial charge in [-0.05, 0) is 32.3 Å². The van der Waals surface area contributed by atoms with Crippen molar-refractivity contribution in [2.45, 2.75) is 37.9 Å². The lowest BCUT2D eigenvalue weighted by Crippen LogP contribution is -2.56. The van der Waals surface area contributed by atoms with Crippen LogP contribution in [0.1, 0.15) is 26.7 Å². The van der Waals surface area contributed by atoms with Crippen LogP contribution < -0.4 is 15.5 Å². The van der Waals surface area contributed by atoms with Crippen LogP contribution >= 0.6 is 0 Å². The lowest BCUT2D eigenvalue weighted by molar-refractivity contribution is -0.125. The van der Waals surface area contributed by atoms with Crippen molar-refractivity contribution in [2.75, 3.05) is 18.0 Å². The van der Waals surface area contributed by atoms with Gasteiger partial charge in [0.1, 0.15) is 5.54 Å². The van der Waals surface area contributed by atoms with Gasteiger partial charge in [0, 0.05) is 31.0 Å². The van der Waals surface area contributed by atoms with Crippen LogP contribution in [0.5, 0.6) is 0 Å². The number of anilines is 1. The monoisotopic (exact) mass is 337 g/mol. The molecule has 3 heterocycles. The van der Waals surface area contributed by atoms with Gasteiger partial charge < -0.3 is 10.2 Å². The molecular formula is C19H23N5O. The third-order valence-electron chi connectivity index (χ3n) is 5.06. The minimum atomic E-state index is -0.454. The minimum absolute atomic E-state index is 0.109. The number of piperidine rings is 1. The first-order valence-corrected chi connectivity index (χ1v) is 8.72. The van der Waals surface area contributed by atoms with E-state index in [1.54, 1.807) is 0 Å². The second kappa shape index (κ2) is 5.81. The van der Waals surface area contributed by atoms with Crippen LogP contribution in [-0.4, -0.2) is 40.2 Å². The minimum Gasteiger partial charge on any atom is -0.341 e. The fraction of sp³-hybridized carbons (Fsp3) is 0.421. The molecular weight excluding hydrogens is 314 g/mol. The number of amides is 1. The molecule has 1 spiro atoms. The zero-order chi connectivity index (χ0) is 17.5. The van der Waals surface area contributed by atoms with E-state index in [0.717, 1.165) is 43.0 Å². The zero-order valence-corrected chi connectivity index (χ0v) is 14.6. The van der Waals surface area contributed by atoms with Crippen LogP contribution in [0.3, 0.4) is 0 Å². The first kappa shape index (κ1) is 16.0. The largest absolute Gasteiger partial charge is 0.341 e. The van der Waals surface area contributed by atoms with Crippen LogP contribution in [0.15, 0.2) is 42.7 Å². The van der Waals surface area contributed by atoms with Gasteiger partial charge in [-0.25, -0.2) is 9.97 Å². The number of hydrogen-bond donors (Lipinski definition) is 2. The molecule has 2 aliphatic heterocycles. The third-order valence-corrected chi connectivity index (χ3v) is 5.06. The first-order chi connectivity index (χ1) is 12.0. The molecule has 130 valence electrons. The predicted molar refractivity (Wildman–Crippen MR) is 97.0 cm³/mol. The average Bonchev–Trinajstić information content (AvgIpc) is 2.85. The number of hydrogen-bond acceptors (Lipinski definition) is 5. The standard InChI is InChI=1S/C19H23N5O/c1-18(2)22-16(25)19(23-18)8-10-24(11-9-19)17-20-12-15(13-21-17)14-6-4-3-5-7-14/h3-7,12-13,23H,8-11H2,1-2H3,(H,22,25). The van der Waals surface area contributed by atoms with Crippen LogP contribution in [0.4, 0.5) is 5.95 Å². The Morgan fingerprint density at radius 3 is 2.20 bits per heavy atom. The van der Waals surface area contributed by atoms with Crippen molar-refractivity contribution in [1.82, 2.24) is 20.6 Å². The third kappa shape index (κ3) is 2.98. The summed E-state index contributed by atoms with van der Waals surface area (Å²) in [7, 11) is 0. The topological polar surface area (TPSA) is 70.2 Å². The maximum absolute atomic E-state index is 12.4. The molecule has 0 saturated carbocycles. The molecule has 25 heavy (non-hydrogen) atoms. The van der Waals surface area contributed by atoms with Crippen molar-refractivity contribution in [3.8, 4) is 11.1 Å². The summed E-state index contributed by atoms with van der Waals surface area (Å²) in [5, 5.41) is 6.50. The Morgan fingerprint density at radius 2 is 1.64 bits per heavy atom. The lowest BCUT2D eigenvalue weighted by Gasteiger charge is -2.38. The zero-order valence-electron chi connectivity index (χ0n) is 14.6. The van der Waals surface area contributed by atoms with E-state index in [1.165, 1.54) is 0 Å². The summed E-state index contributed by atoms with van der Waals surface area (Å²) in [6.45, 7) is 5.53. The molecule has 0 bridgehead atoms. The second-order valence-corrected chi connectivity index (χ2v) is 7.41. The van der Waals surface area contributed by atoms with Gasteiger partial charge in [-0.3, -0.25) is 10.1 Å². The molecule has 2 aliphatic rings. The van der Waals surface area contributed by atoms with Gasteiger partial charge in [0.05, 0.1) is 5.66 Å². The normalized spacial score (nSPS) is 21.4. The van der Waals surface area contributed by atoms with E-state index in [1.807, 2.05) is 44.4 Å². The number of nitrogens with zero attached hydrogens (tertiary/aromatic N) is 3. The van der Waals surface area contributed by atoms with Gasteiger partial charge >= 0.3 is 0 Å². The van der Waals surface area contributed by atoms with Crippen molar-refractivity contribution in [3.05, 3.63) is 42.7 Å². The van der Waals surface area contributed by atoms with Crippen molar-refractivity contribution >= 4 is 11.9 Å². The summed E-state index contributed by atoms with van der Waals surface area (Å²) in [4.78, 5) is 23.6. The Bertz CT molecular complexity index is 764. The van der Waals surface area contributed by atoms with E-state index < -0.39 is 5.54 Å². The van der Waals surface area contributed by atoms with Gasteiger partial charge in [-0.2, -0.15) is 0 Å². The van der Waals surface area contributed by atoms with E-state index in [2.05, 4.69) is 37.6 Å². The highest BCUT2D eigenvalue weighted by Gasteiger charge is 2.50. The highest BCUT2D eigenvalue weighted by molar-refractivity contribution is 5.89. The predicted octanol–water partition coefficient (Wildman–Crippen LogP) is 1.94. The smallest absolute Gasteiger partial charge is 0.241 e. The van der Waals surface area contributed by atoms with Gasteiger partial charge in [0.15, 0.2) is 0 Å². The first-order valence-electron chi connectivity index (χ1n) is 8.72. The molecule has 0 atom stereocenters. The van der Waals surface area contributed by atoms with Gasteiger partial charge in [-0.1, -0.05) is 30.3 Å². The van der Waals surface area contributed by atoms with Crippen molar-refractivity contribution in [1.29, 1.82) is 0 Å². The SMILES string of the molecule is CC1(C)NC(=O)C2(CCN(c3ncc(-c4ccccc4)cn3)CC2)N1. The molecule has 0 radical (unpaired) electrons. The van der Waals surface area contributed by atoms with Crippen molar-refractivity contribution < 1.29 is 4.79 Å². The van der Waals surface area contributed by atoms with Gasteiger partial charge in [-0.15, -0.1) is 0 Å².